The molecule has 0 atom stereocenters. The van der Waals surface area contributed by atoms with Crippen LogP contribution in [0.2, 0.25) is 5.02 Å². The Labute approximate surface area is 124 Å². The standard InChI is InChI=1S/C14H22ClN3O2/c1-5-14(3,6-2)18-17-13(19)9-7-10(15)11(16)8-12(9)20-4/h7-8,18H,5-6,16H2,1-4H3,(H,17,19). The predicted molar refractivity (Wildman–Crippen MR) is 82.0 cm³/mol. The zero-order valence-corrected chi connectivity index (χ0v) is 13.1. The molecular formula is C14H22ClN3O2. The number of nitrogens with two attached hydrogens (primary N) is 1. The van der Waals surface area contributed by atoms with Gasteiger partial charge in [0.15, 0.2) is 0 Å². The number of rotatable bonds is 6. The molecule has 0 spiro atoms. The summed E-state index contributed by atoms with van der Waals surface area (Å²) in [6.07, 6.45) is 1.78. The van der Waals surface area contributed by atoms with Crippen molar-refractivity contribution in [2.45, 2.75) is 39.2 Å². The Hall–Kier alpha value is -1.46. The molecule has 1 aromatic rings. The van der Waals surface area contributed by atoms with E-state index in [4.69, 9.17) is 22.1 Å². The number of nitrogen functional groups attached to an aromatic ring is 1. The second-order valence-electron chi connectivity index (χ2n) is 4.92. The Balaban J connectivity index is 2.90. The van der Waals surface area contributed by atoms with Crippen LogP contribution in [0.15, 0.2) is 12.1 Å². The molecule has 0 aliphatic rings. The third-order valence-corrected chi connectivity index (χ3v) is 3.93. The van der Waals surface area contributed by atoms with Gasteiger partial charge in [0.2, 0.25) is 0 Å². The monoisotopic (exact) mass is 299 g/mol. The van der Waals surface area contributed by atoms with Gasteiger partial charge >= 0.3 is 0 Å². The molecule has 0 saturated carbocycles. The van der Waals surface area contributed by atoms with Gasteiger partial charge in [-0.2, -0.15) is 0 Å². The van der Waals surface area contributed by atoms with E-state index in [2.05, 4.69) is 24.7 Å². The molecule has 0 aliphatic heterocycles. The van der Waals surface area contributed by atoms with Crippen molar-refractivity contribution in [2.75, 3.05) is 12.8 Å². The SMILES string of the molecule is CCC(C)(CC)NNC(=O)c1cc(Cl)c(N)cc1OC. The van der Waals surface area contributed by atoms with Crippen LogP contribution in [0.4, 0.5) is 5.69 Å². The van der Waals surface area contributed by atoms with Gasteiger partial charge in [-0.25, -0.2) is 5.43 Å². The minimum atomic E-state index is -0.308. The van der Waals surface area contributed by atoms with Crippen molar-refractivity contribution in [3.63, 3.8) is 0 Å². The first kappa shape index (κ1) is 16.6. The van der Waals surface area contributed by atoms with Crippen LogP contribution in [0.1, 0.15) is 44.0 Å². The molecule has 6 heteroatoms. The molecule has 4 N–H and O–H groups in total. The lowest BCUT2D eigenvalue weighted by Crippen LogP contribution is -2.51. The van der Waals surface area contributed by atoms with Crippen molar-refractivity contribution >= 4 is 23.2 Å². The van der Waals surface area contributed by atoms with E-state index in [1.807, 2.05) is 6.92 Å². The van der Waals surface area contributed by atoms with Gasteiger partial charge < -0.3 is 10.5 Å². The zero-order valence-electron chi connectivity index (χ0n) is 12.3. The Morgan fingerprint density at radius 1 is 1.40 bits per heavy atom. The van der Waals surface area contributed by atoms with Crippen molar-refractivity contribution in [3.05, 3.63) is 22.7 Å². The second kappa shape index (κ2) is 6.81. The fraction of sp³-hybridized carbons (Fsp3) is 0.500. The molecule has 0 heterocycles. The highest BCUT2D eigenvalue weighted by atomic mass is 35.5. The summed E-state index contributed by atoms with van der Waals surface area (Å²) in [5, 5.41) is 0.324. The van der Waals surface area contributed by atoms with E-state index in [0.717, 1.165) is 12.8 Å². The third-order valence-electron chi connectivity index (χ3n) is 3.60. The molecule has 0 saturated heterocycles. The summed E-state index contributed by atoms with van der Waals surface area (Å²) in [6, 6.07) is 3.04. The lowest BCUT2D eigenvalue weighted by atomic mass is 9.97. The maximum Gasteiger partial charge on any atom is 0.269 e. The lowest BCUT2D eigenvalue weighted by molar-refractivity contribution is 0.0901. The molecule has 5 nitrogen and oxygen atoms in total. The van der Waals surface area contributed by atoms with Gasteiger partial charge in [-0.3, -0.25) is 10.2 Å². The first-order valence-corrected chi connectivity index (χ1v) is 6.95. The summed E-state index contributed by atoms with van der Waals surface area (Å²) in [5.74, 6) is 0.0813. The molecule has 1 aromatic carbocycles. The molecule has 112 valence electrons. The quantitative estimate of drug-likeness (QED) is 0.557. The van der Waals surface area contributed by atoms with E-state index in [9.17, 15) is 4.79 Å². The first-order chi connectivity index (χ1) is 9.36. The van der Waals surface area contributed by atoms with Crippen molar-refractivity contribution in [3.8, 4) is 5.75 Å². The summed E-state index contributed by atoms with van der Waals surface area (Å²) in [5.41, 5.74) is 12.0. The number of benzene rings is 1. The number of halogens is 1. The molecule has 1 amide bonds. The maximum absolute atomic E-state index is 12.2. The average molecular weight is 300 g/mol. The van der Waals surface area contributed by atoms with Gasteiger partial charge in [0.25, 0.3) is 5.91 Å². The molecule has 1 rings (SSSR count). The molecule has 0 radical (unpaired) electrons. The van der Waals surface area contributed by atoms with Crippen LogP contribution in [0.5, 0.6) is 5.75 Å². The summed E-state index contributed by atoms with van der Waals surface area (Å²) < 4.78 is 5.16. The van der Waals surface area contributed by atoms with Gasteiger partial charge in [-0.1, -0.05) is 25.4 Å². The second-order valence-corrected chi connectivity index (χ2v) is 5.33. The van der Waals surface area contributed by atoms with Crippen LogP contribution in [-0.4, -0.2) is 18.6 Å². The highest BCUT2D eigenvalue weighted by Gasteiger charge is 2.21. The normalized spacial score (nSPS) is 11.2. The first-order valence-electron chi connectivity index (χ1n) is 6.57. The van der Waals surface area contributed by atoms with Gasteiger partial charge in [-0.15, -0.1) is 0 Å². The number of hydrazine groups is 1. The van der Waals surface area contributed by atoms with Crippen molar-refractivity contribution in [2.24, 2.45) is 0 Å². The summed E-state index contributed by atoms with van der Waals surface area (Å²) in [6.45, 7) is 6.16. The van der Waals surface area contributed by atoms with Crippen LogP contribution in [0.25, 0.3) is 0 Å². The molecule has 0 aliphatic carbocycles. The number of ether oxygens (including phenoxy) is 1. The molecule has 0 unspecified atom stereocenters. The number of carbonyl (C=O) groups is 1. The minimum absolute atomic E-state index is 0.152. The van der Waals surface area contributed by atoms with E-state index in [-0.39, 0.29) is 11.4 Å². The highest BCUT2D eigenvalue weighted by Crippen LogP contribution is 2.28. The number of carbonyl (C=O) groups excluding carboxylic acids is 1. The Kier molecular flexibility index (Phi) is 5.65. The lowest BCUT2D eigenvalue weighted by Gasteiger charge is -2.28. The van der Waals surface area contributed by atoms with E-state index >= 15 is 0 Å². The van der Waals surface area contributed by atoms with Crippen LogP contribution >= 0.6 is 11.6 Å². The predicted octanol–water partition coefficient (Wildman–Crippen LogP) is 2.74. The molecule has 0 aromatic heterocycles. The Morgan fingerprint density at radius 3 is 2.50 bits per heavy atom. The summed E-state index contributed by atoms with van der Waals surface area (Å²) in [4.78, 5) is 12.2. The molecule has 0 bridgehead atoms. The van der Waals surface area contributed by atoms with Gasteiger partial charge in [-0.05, 0) is 25.8 Å². The van der Waals surface area contributed by atoms with Crippen LogP contribution < -0.4 is 21.3 Å². The van der Waals surface area contributed by atoms with Crippen molar-refractivity contribution in [1.29, 1.82) is 0 Å². The smallest absolute Gasteiger partial charge is 0.269 e. The van der Waals surface area contributed by atoms with E-state index in [0.29, 0.717) is 22.0 Å². The van der Waals surface area contributed by atoms with Crippen LogP contribution in [-0.2, 0) is 0 Å². The van der Waals surface area contributed by atoms with Gasteiger partial charge in [0, 0.05) is 11.6 Å². The van der Waals surface area contributed by atoms with Crippen LogP contribution in [0, 0.1) is 0 Å². The maximum atomic E-state index is 12.2. The summed E-state index contributed by atoms with van der Waals surface area (Å²) in [7, 11) is 1.48. The molecule has 0 fully saturated rings. The third kappa shape index (κ3) is 3.77. The molecule has 20 heavy (non-hydrogen) atoms. The van der Waals surface area contributed by atoms with E-state index in [1.54, 1.807) is 0 Å². The Bertz CT molecular complexity index is 488. The number of methoxy groups -OCH3 is 1. The highest BCUT2D eigenvalue weighted by molar-refractivity contribution is 6.33. The largest absolute Gasteiger partial charge is 0.496 e. The minimum Gasteiger partial charge on any atom is -0.496 e. The van der Waals surface area contributed by atoms with Crippen molar-refractivity contribution in [1.82, 2.24) is 10.9 Å². The number of hydrogen-bond acceptors (Lipinski definition) is 4. The summed E-state index contributed by atoms with van der Waals surface area (Å²) >= 11 is 5.95. The van der Waals surface area contributed by atoms with Gasteiger partial charge in [0.1, 0.15) is 5.75 Å². The van der Waals surface area contributed by atoms with Gasteiger partial charge in [0.05, 0.1) is 23.4 Å². The number of hydrogen-bond donors (Lipinski definition) is 3. The van der Waals surface area contributed by atoms with Crippen molar-refractivity contribution < 1.29 is 9.53 Å². The fourth-order valence-electron chi connectivity index (χ4n) is 1.62. The topological polar surface area (TPSA) is 76.4 Å². The number of amides is 1. The van der Waals surface area contributed by atoms with E-state index in [1.165, 1.54) is 19.2 Å². The molecular weight excluding hydrogens is 278 g/mol. The number of anilines is 1. The average Bonchev–Trinajstić information content (AvgIpc) is 2.46. The fourth-order valence-corrected chi connectivity index (χ4v) is 1.78. The number of nitrogens with one attached hydrogen (secondary N) is 2. The van der Waals surface area contributed by atoms with Crippen LogP contribution in [0.3, 0.4) is 0 Å². The Morgan fingerprint density at radius 2 is 2.00 bits per heavy atom. The zero-order chi connectivity index (χ0) is 15.3. The van der Waals surface area contributed by atoms with E-state index < -0.39 is 0 Å².